The quantitative estimate of drug-likeness (QED) is 0.0320. The number of nitrogens with one attached hydrogen (secondary N) is 1. The van der Waals surface area contributed by atoms with Gasteiger partial charge in [0.05, 0.1) is 59.3 Å². The zero-order chi connectivity index (χ0) is 68.4. The molecule has 0 aromatic heterocycles. The highest BCUT2D eigenvalue weighted by Crippen LogP contribution is 2.57. The Bertz CT molecular complexity index is 3320. The summed E-state index contributed by atoms with van der Waals surface area (Å²) in [5, 5.41) is 7.22. The molecule has 5 aromatic rings. The molecule has 520 valence electrons. The molecule has 1 N–H and O–H groups in total. The summed E-state index contributed by atoms with van der Waals surface area (Å²) in [5.74, 6) is -2.55. The first-order valence-corrected chi connectivity index (χ1v) is 42.5. The largest absolute Gasteiger partial charge is 0.411 e. The molecular weight excluding hydrogens is 1250 g/mol. The lowest BCUT2D eigenvalue weighted by molar-refractivity contribution is -0.368. The van der Waals surface area contributed by atoms with Crippen LogP contribution in [0, 0.1) is 11.8 Å². The fourth-order valence-corrected chi connectivity index (χ4v) is 28.6. The SMILES string of the molecule is CC[Si](CC)(CC)O[C@@H]1C[C@](C)([C@@H](O[Si](OC(C)(C)C)(c2ccccc2)c2ccccc2)[C@@H]2CC[C@]3(CCC[C@@H]([C@@H](C)C(=O)Nc4ccccc4)O3)O2)O[C@@H]1[C@H]1C[C@]2(CO[Si](c3ccccc3)(c3ccccc3)C(C)(C)C)CC[C@@]([C@H]3CC[C@](C)(C[C@@H](C)/C=C(\C)C=O)O3)(O1)O2. The second kappa shape index (κ2) is 29.1. The van der Waals surface area contributed by atoms with Crippen LogP contribution in [0.1, 0.15) is 174 Å². The molecule has 6 aliphatic heterocycles. The predicted octanol–water partition coefficient (Wildman–Crippen LogP) is 14.8. The number of hydrogen-bond donors (Lipinski definition) is 1. The van der Waals surface area contributed by atoms with Crippen LogP contribution in [-0.2, 0) is 55.7 Å². The van der Waals surface area contributed by atoms with Gasteiger partial charge in [0.25, 0.3) is 8.32 Å². The molecule has 6 fully saturated rings. The van der Waals surface area contributed by atoms with E-state index in [-0.39, 0.29) is 23.0 Å². The van der Waals surface area contributed by atoms with E-state index in [1.165, 1.54) is 10.4 Å². The lowest BCUT2D eigenvalue weighted by Gasteiger charge is -2.50. The summed E-state index contributed by atoms with van der Waals surface area (Å²) in [6.07, 6.45) is 7.34. The molecule has 6 heterocycles. The maximum Gasteiger partial charge on any atom is 0.407 e. The molecule has 1 amide bonds. The molecule has 0 aliphatic carbocycles. The molecule has 0 saturated carbocycles. The van der Waals surface area contributed by atoms with Crippen molar-refractivity contribution in [2.75, 3.05) is 11.9 Å². The third kappa shape index (κ3) is 15.1. The monoisotopic (exact) mass is 1360 g/mol. The molecule has 5 aromatic carbocycles. The molecule has 6 saturated heterocycles. The fourth-order valence-electron chi connectivity index (χ4n) is 17.3. The van der Waals surface area contributed by atoms with E-state index in [0.29, 0.717) is 51.6 Å². The van der Waals surface area contributed by atoms with Gasteiger partial charge in [-0.25, -0.2) is 0 Å². The van der Waals surface area contributed by atoms with Crippen LogP contribution in [0.25, 0.3) is 0 Å². The first kappa shape index (κ1) is 72.5. The van der Waals surface area contributed by atoms with Crippen molar-refractivity contribution in [3.05, 3.63) is 163 Å². The van der Waals surface area contributed by atoms with Crippen molar-refractivity contribution in [2.45, 2.75) is 274 Å². The van der Waals surface area contributed by atoms with E-state index in [9.17, 15) is 9.59 Å². The minimum Gasteiger partial charge on any atom is -0.411 e. The van der Waals surface area contributed by atoms with Gasteiger partial charge in [0, 0.05) is 37.8 Å². The van der Waals surface area contributed by atoms with E-state index >= 15 is 0 Å². The molecule has 0 radical (unpaired) electrons. The number of allylic oxidation sites excluding steroid dienone is 2. The second-order valence-electron chi connectivity index (χ2n) is 31.6. The van der Waals surface area contributed by atoms with E-state index < -0.39 is 102 Å². The molecule has 2 bridgehead atoms. The molecule has 11 rings (SSSR count). The van der Waals surface area contributed by atoms with Gasteiger partial charge in [0.15, 0.2) is 19.9 Å². The minimum atomic E-state index is -3.80. The zero-order valence-corrected chi connectivity index (χ0v) is 63.0. The van der Waals surface area contributed by atoms with Crippen molar-refractivity contribution in [3.63, 3.8) is 0 Å². The van der Waals surface area contributed by atoms with Gasteiger partial charge in [-0.15, -0.1) is 0 Å². The van der Waals surface area contributed by atoms with E-state index in [4.69, 9.17) is 46.1 Å². The number of ether oxygens (including phenoxy) is 6. The summed E-state index contributed by atoms with van der Waals surface area (Å²) in [5.41, 5.74) is -1.59. The van der Waals surface area contributed by atoms with E-state index in [1.807, 2.05) is 44.2 Å². The topological polar surface area (TPSA) is 138 Å². The summed E-state index contributed by atoms with van der Waals surface area (Å²) in [4.78, 5) is 26.0. The highest BCUT2D eigenvalue weighted by atomic mass is 28.4. The van der Waals surface area contributed by atoms with E-state index in [2.05, 4.69) is 216 Å². The average molecular weight is 1360 g/mol. The van der Waals surface area contributed by atoms with Gasteiger partial charge in [-0.2, -0.15) is 0 Å². The van der Waals surface area contributed by atoms with Gasteiger partial charge in [-0.05, 0) is 154 Å². The van der Waals surface area contributed by atoms with Crippen LogP contribution in [0.4, 0.5) is 5.69 Å². The Morgan fingerprint density at radius 2 is 1.22 bits per heavy atom. The third-order valence-electron chi connectivity index (χ3n) is 22.2. The number of carbonyl (C=O) groups excluding carboxylic acids is 2. The summed E-state index contributed by atoms with van der Waals surface area (Å²) >= 11 is 0. The van der Waals surface area contributed by atoms with Crippen LogP contribution in [0.2, 0.25) is 23.2 Å². The first-order chi connectivity index (χ1) is 45.7. The average Bonchev–Trinajstić information content (AvgIpc) is 1.54. The van der Waals surface area contributed by atoms with Crippen LogP contribution in [-0.4, -0.2) is 121 Å². The summed E-state index contributed by atoms with van der Waals surface area (Å²) in [6.45, 7) is 31.1. The van der Waals surface area contributed by atoms with Crippen molar-refractivity contribution in [3.8, 4) is 0 Å². The molecule has 14 atom stereocenters. The summed E-state index contributed by atoms with van der Waals surface area (Å²) in [6, 6.07) is 55.3. The number of anilines is 1. The van der Waals surface area contributed by atoms with Crippen LogP contribution in [0.15, 0.2) is 163 Å². The van der Waals surface area contributed by atoms with Gasteiger partial charge in [-0.3, -0.25) is 9.59 Å². The standard InChI is InChI=1S/C80H111NO12Si3/c1-15-94(16-2,17-3)90-69-54-77(14,72(91-96(93-74(7,8)9,64-40-29-21-30-41-64)65-42-31-22-32-43-65)67-45-49-79(86-67)47-33-44-66(85-79)60(6)73(83)81-61-34-23-18-24-35-61)89-71(69)68-55-78(57-84-95(75(10,11)12,62-36-25-19-26-37-62)63-38-27-20-28-39-63)50-51-80(87-68,92-78)70-46-48-76(13,88-70)53-58(4)52-59(5)56-82/h18-32,34-43,52,56,58,60,66-72H,15-17,33,44-51,53-55,57H2,1-14H3,(H,81,83)/b59-52+/t58-,60+,66-,67-,68+,69+,70+,71+,72-,76+,77+,78-,79-,80+/m0/s1. The maximum absolute atomic E-state index is 14.1. The lowest BCUT2D eigenvalue weighted by atomic mass is 9.87. The summed E-state index contributed by atoms with van der Waals surface area (Å²) < 4.78 is 78.6. The molecule has 1 spiro atoms. The molecular formula is C80H111NO12Si3. The minimum absolute atomic E-state index is 0.0850. The van der Waals surface area contributed by atoms with Gasteiger partial charge in [0.2, 0.25) is 5.91 Å². The van der Waals surface area contributed by atoms with Crippen molar-refractivity contribution >= 4 is 63.8 Å². The maximum atomic E-state index is 14.1. The molecule has 96 heavy (non-hydrogen) atoms. The molecule has 6 aliphatic rings. The van der Waals surface area contributed by atoms with E-state index in [1.54, 1.807) is 0 Å². The predicted molar refractivity (Wildman–Crippen MR) is 388 cm³/mol. The number of rotatable bonds is 26. The van der Waals surface area contributed by atoms with E-state index in [0.717, 1.165) is 78.2 Å². The Hall–Kier alpha value is -4.77. The van der Waals surface area contributed by atoms with Crippen molar-refractivity contribution in [1.29, 1.82) is 0 Å². The number of fused-ring (bicyclic) bond motifs is 2. The fraction of sp³-hybridized carbons (Fsp3) is 0.575. The Morgan fingerprint density at radius 1 is 0.656 bits per heavy atom. The Morgan fingerprint density at radius 3 is 1.77 bits per heavy atom. The van der Waals surface area contributed by atoms with Crippen LogP contribution < -0.4 is 26.1 Å². The van der Waals surface area contributed by atoms with Gasteiger partial charge >= 0.3 is 8.56 Å². The lowest BCUT2D eigenvalue weighted by Crippen LogP contribution is -2.70. The number of amides is 1. The van der Waals surface area contributed by atoms with Crippen LogP contribution >= 0.6 is 0 Å². The van der Waals surface area contributed by atoms with Crippen molar-refractivity contribution in [1.82, 2.24) is 0 Å². The number of benzene rings is 5. The van der Waals surface area contributed by atoms with Crippen molar-refractivity contribution in [2.24, 2.45) is 11.8 Å². The Kier molecular flexibility index (Phi) is 21.9. The zero-order valence-electron chi connectivity index (χ0n) is 60.0. The summed E-state index contributed by atoms with van der Waals surface area (Å²) in [7, 11) is -9.34. The smallest absolute Gasteiger partial charge is 0.407 e. The van der Waals surface area contributed by atoms with Gasteiger partial charge < -0.3 is 51.4 Å². The highest BCUT2D eigenvalue weighted by Gasteiger charge is 2.68. The Balaban J connectivity index is 1.03. The van der Waals surface area contributed by atoms with Gasteiger partial charge in [0.1, 0.15) is 24.6 Å². The first-order valence-electron chi connectivity index (χ1n) is 36.2. The number of carbonyl (C=O) groups is 2. The molecule has 13 nitrogen and oxygen atoms in total. The van der Waals surface area contributed by atoms with Crippen molar-refractivity contribution < 1.29 is 55.7 Å². The number of hydrogen-bond acceptors (Lipinski definition) is 12. The van der Waals surface area contributed by atoms with Crippen LogP contribution in [0.5, 0.6) is 0 Å². The second-order valence-corrected chi connectivity index (χ2v) is 43.5. The third-order valence-corrected chi connectivity index (χ3v) is 35.5. The van der Waals surface area contributed by atoms with Crippen LogP contribution in [0.3, 0.4) is 0 Å². The van der Waals surface area contributed by atoms with Gasteiger partial charge in [-0.1, -0.05) is 201 Å². The Labute approximate surface area is 577 Å². The molecule has 0 unspecified atom stereocenters. The number of para-hydroxylation sites is 1. The normalized spacial score (nSPS) is 30.7. The number of aldehydes is 1. The highest BCUT2D eigenvalue weighted by molar-refractivity contribution is 6.99. The molecule has 16 heteroatoms.